The second-order valence-corrected chi connectivity index (χ2v) is 7.58. The van der Waals surface area contributed by atoms with Crippen molar-refractivity contribution in [3.8, 4) is 0 Å². The van der Waals surface area contributed by atoms with Crippen molar-refractivity contribution in [2.24, 2.45) is 10.7 Å². The van der Waals surface area contributed by atoms with Gasteiger partial charge >= 0.3 is 0 Å². The number of amidine groups is 1. The average molecular weight is 350 g/mol. The Morgan fingerprint density at radius 1 is 0.920 bits per heavy atom. The van der Waals surface area contributed by atoms with E-state index >= 15 is 0 Å². The molecule has 1 heterocycles. The van der Waals surface area contributed by atoms with E-state index in [4.69, 9.17) is 5.73 Å². The molecule has 0 saturated carbocycles. The fraction of sp³-hybridized carbons (Fsp3) is 0.864. The molecular formula is C22H43N3. The van der Waals surface area contributed by atoms with Crippen LogP contribution in [0.25, 0.3) is 0 Å². The van der Waals surface area contributed by atoms with Gasteiger partial charge in [-0.25, -0.2) is 0 Å². The maximum atomic E-state index is 5.99. The van der Waals surface area contributed by atoms with Gasteiger partial charge in [-0.15, -0.1) is 0 Å². The fourth-order valence-electron chi connectivity index (χ4n) is 3.65. The summed E-state index contributed by atoms with van der Waals surface area (Å²) in [6.07, 6.45) is 23.8. The second-order valence-electron chi connectivity index (χ2n) is 7.58. The van der Waals surface area contributed by atoms with Crippen LogP contribution in [-0.4, -0.2) is 30.0 Å². The van der Waals surface area contributed by atoms with E-state index in [0.29, 0.717) is 0 Å². The van der Waals surface area contributed by atoms with Crippen LogP contribution in [0.1, 0.15) is 104 Å². The number of unbranched alkanes of at least 4 members (excludes halogenated alkanes) is 12. The van der Waals surface area contributed by atoms with Crippen LogP contribution in [0.15, 0.2) is 17.1 Å². The first-order chi connectivity index (χ1) is 12.3. The molecule has 0 amide bonds. The first-order valence-electron chi connectivity index (χ1n) is 10.9. The third-order valence-corrected chi connectivity index (χ3v) is 5.22. The molecule has 0 aromatic carbocycles. The van der Waals surface area contributed by atoms with Gasteiger partial charge in [0, 0.05) is 13.0 Å². The molecule has 1 aliphatic heterocycles. The molecule has 25 heavy (non-hydrogen) atoms. The van der Waals surface area contributed by atoms with E-state index in [0.717, 1.165) is 19.5 Å². The molecule has 0 bridgehead atoms. The molecule has 2 N–H and O–H groups in total. The Morgan fingerprint density at radius 2 is 1.44 bits per heavy atom. The molecule has 1 atom stereocenters. The highest BCUT2D eigenvalue weighted by Crippen LogP contribution is 2.15. The predicted octanol–water partition coefficient (Wildman–Crippen LogP) is 6.04. The van der Waals surface area contributed by atoms with E-state index in [1.165, 1.54) is 89.3 Å². The summed E-state index contributed by atoms with van der Waals surface area (Å²) in [5, 5.41) is 0. The van der Waals surface area contributed by atoms with Crippen LogP contribution in [-0.2, 0) is 0 Å². The number of aliphatic imine (C=N–C) groups is 1. The third kappa shape index (κ3) is 11.4. The number of allylic oxidation sites excluding steroid dienone is 2. The van der Waals surface area contributed by atoms with Crippen LogP contribution in [0, 0.1) is 0 Å². The number of nitrogens with zero attached hydrogens (tertiary/aromatic N) is 2. The minimum Gasteiger partial charge on any atom is -0.343 e. The largest absolute Gasteiger partial charge is 0.343 e. The lowest BCUT2D eigenvalue weighted by Gasteiger charge is -2.24. The van der Waals surface area contributed by atoms with Crippen LogP contribution in [0.4, 0.5) is 0 Å². The summed E-state index contributed by atoms with van der Waals surface area (Å²) < 4.78 is 0. The highest BCUT2D eigenvalue weighted by Gasteiger charge is 2.18. The van der Waals surface area contributed by atoms with Crippen LogP contribution < -0.4 is 5.73 Å². The Balaban J connectivity index is 1.79. The van der Waals surface area contributed by atoms with Crippen molar-refractivity contribution < 1.29 is 0 Å². The summed E-state index contributed by atoms with van der Waals surface area (Å²) in [4.78, 5) is 6.87. The van der Waals surface area contributed by atoms with Crippen LogP contribution in [0.2, 0.25) is 0 Å². The molecule has 0 aromatic rings. The molecule has 0 fully saturated rings. The van der Waals surface area contributed by atoms with Crippen molar-refractivity contribution in [1.82, 2.24) is 4.90 Å². The summed E-state index contributed by atoms with van der Waals surface area (Å²) in [7, 11) is 0. The van der Waals surface area contributed by atoms with Gasteiger partial charge in [0.2, 0.25) is 0 Å². The van der Waals surface area contributed by atoms with Gasteiger partial charge < -0.3 is 10.6 Å². The lowest BCUT2D eigenvalue weighted by Crippen LogP contribution is -2.41. The minimum absolute atomic E-state index is 0.120. The maximum absolute atomic E-state index is 5.99. The van der Waals surface area contributed by atoms with Gasteiger partial charge in [-0.05, 0) is 33.1 Å². The lowest BCUT2D eigenvalue weighted by molar-refractivity contribution is 0.358. The van der Waals surface area contributed by atoms with Gasteiger partial charge in [-0.2, -0.15) is 0 Å². The van der Waals surface area contributed by atoms with Crippen molar-refractivity contribution in [1.29, 1.82) is 0 Å². The van der Waals surface area contributed by atoms with Gasteiger partial charge in [-0.3, -0.25) is 4.99 Å². The van der Waals surface area contributed by atoms with E-state index in [1.807, 2.05) is 0 Å². The Kier molecular flexibility index (Phi) is 13.7. The molecule has 1 rings (SSSR count). The molecule has 3 nitrogen and oxygen atoms in total. The zero-order chi connectivity index (χ0) is 18.2. The first kappa shape index (κ1) is 22.2. The molecule has 0 saturated heterocycles. The molecule has 1 aliphatic rings. The topological polar surface area (TPSA) is 41.6 Å². The summed E-state index contributed by atoms with van der Waals surface area (Å²) in [5.41, 5.74) is 5.99. The van der Waals surface area contributed by atoms with Crippen molar-refractivity contribution in [2.75, 3.05) is 13.1 Å². The monoisotopic (exact) mass is 349 g/mol. The summed E-state index contributed by atoms with van der Waals surface area (Å²) >= 11 is 0. The first-order valence-corrected chi connectivity index (χ1v) is 10.9. The van der Waals surface area contributed by atoms with E-state index < -0.39 is 0 Å². The smallest absolute Gasteiger partial charge is 0.100 e. The lowest BCUT2D eigenvalue weighted by atomic mass is 10.0. The molecular weight excluding hydrogens is 306 g/mol. The van der Waals surface area contributed by atoms with Gasteiger partial charge in [0.05, 0.1) is 12.7 Å². The SMILES string of the molecule is C/C=C/CCCCCCCCCCCCCCC1=NCCN1C(C)N. The van der Waals surface area contributed by atoms with Crippen molar-refractivity contribution >= 4 is 5.84 Å². The Morgan fingerprint density at radius 3 is 1.96 bits per heavy atom. The minimum atomic E-state index is 0.120. The van der Waals surface area contributed by atoms with Crippen LogP contribution in [0.5, 0.6) is 0 Å². The molecule has 146 valence electrons. The number of rotatable bonds is 16. The molecule has 0 aromatic heterocycles. The number of hydrogen-bond donors (Lipinski definition) is 1. The predicted molar refractivity (Wildman–Crippen MR) is 112 cm³/mol. The van der Waals surface area contributed by atoms with Crippen molar-refractivity contribution in [2.45, 2.75) is 110 Å². The zero-order valence-corrected chi connectivity index (χ0v) is 17.0. The molecule has 0 spiro atoms. The van der Waals surface area contributed by atoms with Gasteiger partial charge in [-0.1, -0.05) is 76.4 Å². The van der Waals surface area contributed by atoms with Gasteiger partial charge in [0.1, 0.15) is 5.84 Å². The van der Waals surface area contributed by atoms with E-state index in [1.54, 1.807) is 0 Å². The van der Waals surface area contributed by atoms with Crippen molar-refractivity contribution in [3.05, 3.63) is 12.2 Å². The van der Waals surface area contributed by atoms with E-state index in [2.05, 4.69) is 35.9 Å². The van der Waals surface area contributed by atoms with Crippen LogP contribution >= 0.6 is 0 Å². The van der Waals surface area contributed by atoms with Crippen molar-refractivity contribution in [3.63, 3.8) is 0 Å². The number of nitrogens with two attached hydrogens (primary N) is 1. The average Bonchev–Trinajstić information content (AvgIpc) is 3.07. The Bertz CT molecular complexity index is 360. The third-order valence-electron chi connectivity index (χ3n) is 5.22. The van der Waals surface area contributed by atoms with E-state index in [-0.39, 0.29) is 6.17 Å². The zero-order valence-electron chi connectivity index (χ0n) is 17.0. The fourth-order valence-corrected chi connectivity index (χ4v) is 3.65. The Labute approximate surface area is 157 Å². The highest BCUT2D eigenvalue weighted by atomic mass is 15.3. The molecule has 0 aliphatic carbocycles. The Hall–Kier alpha value is -0.830. The normalized spacial score (nSPS) is 16.0. The van der Waals surface area contributed by atoms with Gasteiger partial charge in [0.15, 0.2) is 0 Å². The molecule has 0 radical (unpaired) electrons. The van der Waals surface area contributed by atoms with E-state index in [9.17, 15) is 0 Å². The second kappa shape index (κ2) is 15.4. The molecule has 3 heteroatoms. The van der Waals surface area contributed by atoms with Crippen LogP contribution in [0.3, 0.4) is 0 Å². The van der Waals surface area contributed by atoms with Gasteiger partial charge in [0.25, 0.3) is 0 Å². The summed E-state index contributed by atoms with van der Waals surface area (Å²) in [6.45, 7) is 6.13. The molecule has 1 unspecified atom stereocenters. The maximum Gasteiger partial charge on any atom is 0.100 e. The highest BCUT2D eigenvalue weighted by molar-refractivity contribution is 5.83. The summed E-state index contributed by atoms with van der Waals surface area (Å²) in [5.74, 6) is 1.25. The summed E-state index contributed by atoms with van der Waals surface area (Å²) in [6, 6.07) is 0. The number of hydrogen-bond acceptors (Lipinski definition) is 3. The quantitative estimate of drug-likeness (QED) is 0.272. The standard InChI is InChI=1S/C22H43N3/c1-3-4-5-6-7-8-9-10-11-12-13-14-15-16-17-18-22-24-19-20-25(22)21(2)23/h3-4,21H,5-20,23H2,1-2H3/b4-3+.